The van der Waals surface area contributed by atoms with Crippen LogP contribution in [0.1, 0.15) is 57.8 Å². The zero-order valence-electron chi connectivity index (χ0n) is 11.7. The normalized spacial score (nSPS) is 27.0. The third kappa shape index (κ3) is 5.68. The molecule has 0 radical (unpaired) electrons. The molecule has 0 aromatic rings. The molecule has 3 heteroatoms. The highest BCUT2D eigenvalue weighted by atomic mass is 16.5. The van der Waals surface area contributed by atoms with E-state index >= 15 is 0 Å². The molecule has 0 aromatic carbocycles. The van der Waals surface area contributed by atoms with Crippen molar-refractivity contribution in [2.75, 3.05) is 26.4 Å². The lowest BCUT2D eigenvalue weighted by Crippen LogP contribution is -2.32. The molecule has 2 rings (SSSR count). The summed E-state index contributed by atoms with van der Waals surface area (Å²) >= 11 is 0. The monoisotopic (exact) mass is 255 g/mol. The van der Waals surface area contributed by atoms with Gasteiger partial charge in [0.15, 0.2) is 0 Å². The Kier molecular flexibility index (Phi) is 7.06. The lowest BCUT2D eigenvalue weighted by Gasteiger charge is -2.22. The minimum absolute atomic E-state index is 0.358. The van der Waals surface area contributed by atoms with E-state index in [1.807, 2.05) is 0 Å². The number of nitrogens with one attached hydrogen (secondary N) is 1. The predicted molar refractivity (Wildman–Crippen MR) is 73.9 cm³/mol. The summed E-state index contributed by atoms with van der Waals surface area (Å²) < 4.78 is 11.4. The molecular weight excluding hydrogens is 226 g/mol. The minimum atomic E-state index is 0.358. The number of hydrogen-bond donors (Lipinski definition) is 1. The molecule has 1 heterocycles. The van der Waals surface area contributed by atoms with E-state index in [1.54, 1.807) is 0 Å². The summed E-state index contributed by atoms with van der Waals surface area (Å²) in [6.45, 7) is 3.54. The maximum atomic E-state index is 5.71. The fourth-order valence-corrected chi connectivity index (χ4v) is 2.97. The molecule has 1 atom stereocenters. The summed E-state index contributed by atoms with van der Waals surface area (Å²) in [7, 11) is 0. The van der Waals surface area contributed by atoms with Crippen molar-refractivity contribution in [3.8, 4) is 0 Å². The fourth-order valence-electron chi connectivity index (χ4n) is 2.97. The van der Waals surface area contributed by atoms with Crippen LogP contribution in [0.15, 0.2) is 0 Å². The Labute approximate surface area is 112 Å². The first-order valence-corrected chi connectivity index (χ1v) is 7.88. The highest BCUT2D eigenvalue weighted by molar-refractivity contribution is 4.70. The topological polar surface area (TPSA) is 30.5 Å². The average molecular weight is 255 g/mol. The van der Waals surface area contributed by atoms with Gasteiger partial charge in [0.25, 0.3) is 0 Å². The average Bonchev–Trinajstić information content (AvgIpc) is 2.68. The zero-order valence-corrected chi connectivity index (χ0v) is 11.7. The van der Waals surface area contributed by atoms with Crippen molar-refractivity contribution in [2.24, 2.45) is 0 Å². The fraction of sp³-hybridized carbons (Fsp3) is 1.00. The Balaban J connectivity index is 1.45. The van der Waals surface area contributed by atoms with E-state index in [0.29, 0.717) is 6.10 Å². The van der Waals surface area contributed by atoms with E-state index in [1.165, 1.54) is 57.8 Å². The van der Waals surface area contributed by atoms with Gasteiger partial charge in [-0.3, -0.25) is 0 Å². The SMILES string of the molecule is C1CCCC(NCCOCC2CCCCO2)CC1. The summed E-state index contributed by atoms with van der Waals surface area (Å²) in [6, 6.07) is 0.738. The molecule has 18 heavy (non-hydrogen) atoms. The number of hydrogen-bond acceptors (Lipinski definition) is 3. The molecule has 1 N–H and O–H groups in total. The van der Waals surface area contributed by atoms with Crippen LogP contribution in [-0.2, 0) is 9.47 Å². The van der Waals surface area contributed by atoms with E-state index in [9.17, 15) is 0 Å². The first-order chi connectivity index (χ1) is 8.95. The van der Waals surface area contributed by atoms with Crippen LogP contribution < -0.4 is 5.32 Å². The van der Waals surface area contributed by atoms with Gasteiger partial charge in [0.2, 0.25) is 0 Å². The lowest BCUT2D eigenvalue weighted by atomic mass is 10.1. The van der Waals surface area contributed by atoms with Crippen molar-refractivity contribution in [3.63, 3.8) is 0 Å². The summed E-state index contributed by atoms with van der Waals surface area (Å²) in [6.07, 6.45) is 12.4. The Hall–Kier alpha value is -0.120. The third-order valence-electron chi connectivity index (χ3n) is 4.11. The Bertz CT molecular complexity index is 197. The molecule has 0 amide bonds. The van der Waals surface area contributed by atoms with Crippen LogP contribution in [0.5, 0.6) is 0 Å². The second kappa shape index (κ2) is 8.89. The second-order valence-corrected chi connectivity index (χ2v) is 5.71. The predicted octanol–water partition coefficient (Wildman–Crippen LogP) is 2.88. The molecule has 0 spiro atoms. The summed E-state index contributed by atoms with van der Waals surface area (Å²) in [4.78, 5) is 0. The van der Waals surface area contributed by atoms with Gasteiger partial charge in [-0.05, 0) is 32.1 Å². The van der Waals surface area contributed by atoms with E-state index in [2.05, 4.69) is 5.32 Å². The van der Waals surface area contributed by atoms with Gasteiger partial charge >= 0.3 is 0 Å². The van der Waals surface area contributed by atoms with Crippen molar-refractivity contribution in [1.82, 2.24) is 5.32 Å². The van der Waals surface area contributed by atoms with Crippen molar-refractivity contribution >= 4 is 0 Å². The molecule has 1 saturated carbocycles. The minimum Gasteiger partial charge on any atom is -0.377 e. The maximum Gasteiger partial charge on any atom is 0.0808 e. The van der Waals surface area contributed by atoms with Gasteiger partial charge in [0.1, 0.15) is 0 Å². The zero-order chi connectivity index (χ0) is 12.5. The van der Waals surface area contributed by atoms with Gasteiger partial charge in [-0.25, -0.2) is 0 Å². The van der Waals surface area contributed by atoms with Crippen LogP contribution in [0.2, 0.25) is 0 Å². The molecule has 1 unspecified atom stereocenters. The van der Waals surface area contributed by atoms with Crippen molar-refractivity contribution in [1.29, 1.82) is 0 Å². The number of rotatable bonds is 6. The molecule has 0 bridgehead atoms. The van der Waals surface area contributed by atoms with Crippen molar-refractivity contribution < 1.29 is 9.47 Å². The molecule has 3 nitrogen and oxygen atoms in total. The Morgan fingerprint density at radius 2 is 1.72 bits per heavy atom. The van der Waals surface area contributed by atoms with Crippen LogP contribution in [-0.4, -0.2) is 38.5 Å². The van der Waals surface area contributed by atoms with Crippen LogP contribution in [0.3, 0.4) is 0 Å². The standard InChI is InChI=1S/C15H29NO2/c1-2-4-8-14(7-3-1)16-10-12-17-13-15-9-5-6-11-18-15/h14-16H,1-13H2. The van der Waals surface area contributed by atoms with E-state index in [0.717, 1.165) is 32.4 Å². The molecular formula is C15H29NO2. The van der Waals surface area contributed by atoms with E-state index in [-0.39, 0.29) is 0 Å². The Morgan fingerprint density at radius 1 is 0.944 bits per heavy atom. The Morgan fingerprint density at radius 3 is 2.44 bits per heavy atom. The van der Waals surface area contributed by atoms with Gasteiger partial charge in [-0.2, -0.15) is 0 Å². The molecule has 0 aromatic heterocycles. The van der Waals surface area contributed by atoms with Crippen molar-refractivity contribution in [3.05, 3.63) is 0 Å². The van der Waals surface area contributed by atoms with E-state index < -0.39 is 0 Å². The smallest absolute Gasteiger partial charge is 0.0808 e. The van der Waals surface area contributed by atoms with Gasteiger partial charge in [-0.1, -0.05) is 25.7 Å². The first-order valence-electron chi connectivity index (χ1n) is 7.88. The highest BCUT2D eigenvalue weighted by Crippen LogP contribution is 2.17. The van der Waals surface area contributed by atoms with Gasteiger partial charge in [0, 0.05) is 19.2 Å². The lowest BCUT2D eigenvalue weighted by molar-refractivity contribution is -0.0401. The number of ether oxygens (including phenoxy) is 2. The third-order valence-corrected chi connectivity index (χ3v) is 4.11. The summed E-state index contributed by atoms with van der Waals surface area (Å²) in [5.74, 6) is 0. The second-order valence-electron chi connectivity index (χ2n) is 5.71. The molecule has 1 aliphatic carbocycles. The highest BCUT2D eigenvalue weighted by Gasteiger charge is 2.14. The largest absolute Gasteiger partial charge is 0.377 e. The van der Waals surface area contributed by atoms with Gasteiger partial charge < -0.3 is 14.8 Å². The summed E-state index contributed by atoms with van der Waals surface area (Å²) in [5.41, 5.74) is 0. The molecule has 2 aliphatic rings. The van der Waals surface area contributed by atoms with Crippen LogP contribution in [0, 0.1) is 0 Å². The van der Waals surface area contributed by atoms with Crippen molar-refractivity contribution in [2.45, 2.75) is 69.9 Å². The molecule has 2 fully saturated rings. The van der Waals surface area contributed by atoms with Crippen LogP contribution in [0.4, 0.5) is 0 Å². The van der Waals surface area contributed by atoms with Crippen LogP contribution in [0.25, 0.3) is 0 Å². The first kappa shape index (κ1) is 14.3. The van der Waals surface area contributed by atoms with Crippen LogP contribution >= 0.6 is 0 Å². The molecule has 1 saturated heterocycles. The summed E-state index contributed by atoms with van der Waals surface area (Å²) in [5, 5.41) is 3.63. The molecule has 1 aliphatic heterocycles. The molecule has 106 valence electrons. The van der Waals surface area contributed by atoms with E-state index in [4.69, 9.17) is 9.47 Å². The van der Waals surface area contributed by atoms with Gasteiger partial charge in [-0.15, -0.1) is 0 Å². The van der Waals surface area contributed by atoms with Gasteiger partial charge in [0.05, 0.1) is 19.3 Å². The quantitative estimate of drug-likeness (QED) is 0.585. The maximum absolute atomic E-state index is 5.71.